The highest BCUT2D eigenvalue weighted by molar-refractivity contribution is 5.51. The lowest BCUT2D eigenvalue weighted by Gasteiger charge is -2.38. The third-order valence-electron chi connectivity index (χ3n) is 4.85. The molecule has 1 aliphatic rings. The largest absolute Gasteiger partial charge is 0.419 e. The lowest BCUT2D eigenvalue weighted by atomic mass is 10.00. The first-order valence-corrected chi connectivity index (χ1v) is 8.78. The summed E-state index contributed by atoms with van der Waals surface area (Å²) in [7, 11) is 0. The Morgan fingerprint density at radius 2 is 2.08 bits per heavy atom. The van der Waals surface area contributed by atoms with E-state index in [2.05, 4.69) is 32.1 Å². The number of hydrogen-bond donors (Lipinski definition) is 0. The van der Waals surface area contributed by atoms with E-state index < -0.39 is 0 Å². The Bertz CT molecular complexity index is 785. The summed E-state index contributed by atoms with van der Waals surface area (Å²) in [5.41, 5.74) is 0.950. The van der Waals surface area contributed by atoms with E-state index in [0.717, 1.165) is 25.1 Å². The third-order valence-corrected chi connectivity index (χ3v) is 4.85. The van der Waals surface area contributed by atoms with Crippen molar-refractivity contribution in [3.8, 4) is 11.5 Å². The van der Waals surface area contributed by atoms with Gasteiger partial charge in [0.1, 0.15) is 12.7 Å². The Hall–Kier alpha value is -2.54. The highest BCUT2D eigenvalue weighted by atomic mass is 16.4. The van der Waals surface area contributed by atoms with Gasteiger partial charge in [0.15, 0.2) is 0 Å². The molecule has 7 heteroatoms. The van der Waals surface area contributed by atoms with Gasteiger partial charge >= 0.3 is 0 Å². The number of rotatable bonds is 5. The van der Waals surface area contributed by atoms with Crippen LogP contribution in [0.1, 0.15) is 38.1 Å². The molecule has 0 spiro atoms. The molecule has 2 aromatic heterocycles. The summed E-state index contributed by atoms with van der Waals surface area (Å²) in [5, 5.41) is 12.8. The minimum atomic E-state index is 0.0822. The fraction of sp³-hybridized carbons (Fsp3) is 0.444. The van der Waals surface area contributed by atoms with Gasteiger partial charge < -0.3 is 4.42 Å². The molecule has 0 N–H and O–H groups in total. The molecule has 4 rings (SSSR count). The van der Waals surface area contributed by atoms with Gasteiger partial charge in [0.25, 0.3) is 0 Å². The van der Waals surface area contributed by atoms with E-state index >= 15 is 0 Å². The van der Waals surface area contributed by atoms with Gasteiger partial charge in [-0.25, -0.2) is 4.98 Å². The van der Waals surface area contributed by atoms with E-state index in [1.807, 2.05) is 35.0 Å². The second-order valence-electron chi connectivity index (χ2n) is 6.49. The highest BCUT2D eigenvalue weighted by Crippen LogP contribution is 2.30. The third kappa shape index (κ3) is 3.46. The number of piperidine rings is 1. The molecule has 0 radical (unpaired) electrons. The van der Waals surface area contributed by atoms with Crippen molar-refractivity contribution in [1.82, 2.24) is 29.9 Å². The van der Waals surface area contributed by atoms with Gasteiger partial charge in [0.2, 0.25) is 11.8 Å². The molecule has 7 nitrogen and oxygen atoms in total. The molecular formula is C18H22N6O. The summed E-state index contributed by atoms with van der Waals surface area (Å²) < 4.78 is 7.87. The second-order valence-corrected chi connectivity index (χ2v) is 6.49. The molecule has 2 atom stereocenters. The van der Waals surface area contributed by atoms with Gasteiger partial charge in [0, 0.05) is 11.6 Å². The maximum absolute atomic E-state index is 5.97. The zero-order valence-electron chi connectivity index (χ0n) is 14.3. The zero-order valence-corrected chi connectivity index (χ0v) is 14.3. The van der Waals surface area contributed by atoms with Crippen LogP contribution in [0.25, 0.3) is 11.5 Å². The number of nitrogens with zero attached hydrogens (tertiary/aromatic N) is 6. The number of aromatic nitrogens is 5. The Kier molecular flexibility index (Phi) is 4.56. The first-order chi connectivity index (χ1) is 12.3. The molecule has 0 aliphatic carbocycles. The summed E-state index contributed by atoms with van der Waals surface area (Å²) in [4.78, 5) is 6.50. The lowest BCUT2D eigenvalue weighted by Crippen LogP contribution is -2.43. The topological polar surface area (TPSA) is 72.9 Å². The normalized spacial score (nSPS) is 19.8. The summed E-state index contributed by atoms with van der Waals surface area (Å²) in [6.45, 7) is 4.01. The molecule has 3 heterocycles. The second kappa shape index (κ2) is 7.14. The van der Waals surface area contributed by atoms with Crippen LogP contribution in [0.4, 0.5) is 0 Å². The average Bonchev–Trinajstić information content (AvgIpc) is 3.34. The maximum Gasteiger partial charge on any atom is 0.247 e. The molecule has 1 fully saturated rings. The molecular weight excluding hydrogens is 316 g/mol. The van der Waals surface area contributed by atoms with Gasteiger partial charge in [-0.05, 0) is 38.4 Å². The summed E-state index contributed by atoms with van der Waals surface area (Å²) >= 11 is 0. The van der Waals surface area contributed by atoms with Crippen LogP contribution in [0.3, 0.4) is 0 Å². The van der Waals surface area contributed by atoms with Crippen LogP contribution >= 0.6 is 0 Å². The first-order valence-electron chi connectivity index (χ1n) is 8.78. The molecule has 1 saturated heterocycles. The van der Waals surface area contributed by atoms with Crippen LogP contribution in [0.5, 0.6) is 0 Å². The predicted molar refractivity (Wildman–Crippen MR) is 92.5 cm³/mol. The van der Waals surface area contributed by atoms with Gasteiger partial charge in [0.05, 0.1) is 12.6 Å². The summed E-state index contributed by atoms with van der Waals surface area (Å²) in [6, 6.07) is 10.4. The van der Waals surface area contributed by atoms with E-state index in [0.29, 0.717) is 17.8 Å². The van der Waals surface area contributed by atoms with Crippen LogP contribution in [-0.2, 0) is 6.54 Å². The number of hydrogen-bond acceptors (Lipinski definition) is 6. The van der Waals surface area contributed by atoms with Crippen molar-refractivity contribution in [2.45, 2.75) is 44.8 Å². The molecule has 0 amide bonds. The monoisotopic (exact) mass is 338 g/mol. The van der Waals surface area contributed by atoms with Gasteiger partial charge in [-0.15, -0.1) is 10.2 Å². The molecule has 0 bridgehead atoms. The van der Waals surface area contributed by atoms with Crippen LogP contribution in [0.15, 0.2) is 47.4 Å². The average molecular weight is 338 g/mol. The Morgan fingerprint density at radius 3 is 2.88 bits per heavy atom. The highest BCUT2D eigenvalue weighted by Gasteiger charge is 2.30. The quantitative estimate of drug-likeness (QED) is 0.712. The molecule has 1 aromatic carbocycles. The standard InChI is InChI=1S/C18H22N6O/c1-14(17-21-22-18(25-17)15-7-3-2-4-8-15)24-10-6-5-9-16(24)11-23-13-19-12-20-23/h2-4,7-8,12-14,16H,5-6,9-11H2,1H3/t14-,16-/m0/s1. The smallest absolute Gasteiger partial charge is 0.247 e. The fourth-order valence-corrected chi connectivity index (χ4v) is 3.51. The van der Waals surface area contributed by atoms with Crippen molar-refractivity contribution in [2.75, 3.05) is 6.54 Å². The van der Waals surface area contributed by atoms with Crippen LogP contribution in [0.2, 0.25) is 0 Å². The Labute approximate surface area is 146 Å². The minimum Gasteiger partial charge on any atom is -0.419 e. The molecule has 3 aromatic rings. The molecule has 130 valence electrons. The molecule has 1 aliphatic heterocycles. The van der Waals surface area contributed by atoms with E-state index in [4.69, 9.17) is 4.42 Å². The van der Waals surface area contributed by atoms with Crippen LogP contribution in [0, 0.1) is 0 Å². The maximum atomic E-state index is 5.97. The van der Waals surface area contributed by atoms with Crippen LogP contribution < -0.4 is 0 Å². The summed E-state index contributed by atoms with van der Waals surface area (Å²) in [6.07, 6.45) is 6.93. The predicted octanol–water partition coefficient (Wildman–Crippen LogP) is 2.94. The van der Waals surface area contributed by atoms with Gasteiger partial charge in [-0.1, -0.05) is 24.6 Å². The SMILES string of the molecule is C[C@@H](c1nnc(-c2ccccc2)o1)N1CCCC[C@H]1Cn1cncn1. The van der Waals surface area contributed by atoms with Crippen molar-refractivity contribution >= 4 is 0 Å². The summed E-state index contributed by atoms with van der Waals surface area (Å²) in [5.74, 6) is 1.25. The Morgan fingerprint density at radius 1 is 1.20 bits per heavy atom. The van der Waals surface area contributed by atoms with Crippen LogP contribution in [-0.4, -0.2) is 42.4 Å². The molecule has 0 saturated carbocycles. The lowest BCUT2D eigenvalue weighted by molar-refractivity contribution is 0.0754. The zero-order chi connectivity index (χ0) is 17.1. The van der Waals surface area contributed by atoms with Crippen molar-refractivity contribution in [1.29, 1.82) is 0 Å². The van der Waals surface area contributed by atoms with Gasteiger partial charge in [-0.3, -0.25) is 9.58 Å². The first kappa shape index (κ1) is 16.0. The van der Waals surface area contributed by atoms with Crippen molar-refractivity contribution in [3.63, 3.8) is 0 Å². The number of likely N-dealkylation sites (tertiary alicyclic amines) is 1. The van der Waals surface area contributed by atoms with E-state index in [-0.39, 0.29) is 6.04 Å². The van der Waals surface area contributed by atoms with E-state index in [1.54, 1.807) is 12.7 Å². The minimum absolute atomic E-state index is 0.0822. The van der Waals surface area contributed by atoms with E-state index in [1.165, 1.54) is 12.8 Å². The van der Waals surface area contributed by atoms with Gasteiger partial charge in [-0.2, -0.15) is 5.10 Å². The van der Waals surface area contributed by atoms with Crippen molar-refractivity contribution in [3.05, 3.63) is 48.9 Å². The fourth-order valence-electron chi connectivity index (χ4n) is 3.51. The number of benzene rings is 1. The molecule has 25 heavy (non-hydrogen) atoms. The molecule has 0 unspecified atom stereocenters. The van der Waals surface area contributed by atoms with Crippen molar-refractivity contribution < 1.29 is 4.42 Å². The van der Waals surface area contributed by atoms with Crippen molar-refractivity contribution in [2.24, 2.45) is 0 Å². The Balaban J connectivity index is 1.52. The van der Waals surface area contributed by atoms with E-state index in [9.17, 15) is 0 Å².